The first-order valence-electron chi connectivity index (χ1n) is 5.64. The minimum Gasteiger partial charge on any atom is -0.424 e. The van der Waals surface area contributed by atoms with Gasteiger partial charge in [-0.25, -0.2) is 0 Å². The summed E-state index contributed by atoms with van der Waals surface area (Å²) >= 11 is 2.04. The van der Waals surface area contributed by atoms with Crippen molar-refractivity contribution in [1.29, 1.82) is 0 Å². The van der Waals surface area contributed by atoms with E-state index < -0.39 is 0 Å². The molecule has 0 unspecified atom stereocenters. The fourth-order valence-electron chi connectivity index (χ4n) is 1.67. The molecular weight excluding hydrogens is 224 g/mol. The van der Waals surface area contributed by atoms with E-state index in [9.17, 15) is 0 Å². The second-order valence-corrected chi connectivity index (χ2v) is 5.07. The predicted molar refractivity (Wildman–Crippen MR) is 64.5 cm³/mol. The molecule has 1 saturated heterocycles. The summed E-state index contributed by atoms with van der Waals surface area (Å²) in [5, 5.41) is 11.0. The molecule has 0 spiro atoms. The average molecular weight is 242 g/mol. The zero-order valence-corrected chi connectivity index (χ0v) is 10.4. The number of nitrogens with one attached hydrogen (secondary N) is 1. The zero-order chi connectivity index (χ0) is 11.2. The summed E-state index contributed by atoms with van der Waals surface area (Å²) in [6, 6.07) is 0. The Kier molecular flexibility index (Phi) is 4.62. The Bertz CT molecular complexity index is 312. The van der Waals surface area contributed by atoms with Crippen LogP contribution in [0.25, 0.3) is 0 Å². The van der Waals surface area contributed by atoms with Gasteiger partial charge in [0.1, 0.15) is 0 Å². The SMILES string of the molecule is Cc1nnc(CNCCN2CCSCC2)o1. The van der Waals surface area contributed by atoms with Gasteiger partial charge in [-0.15, -0.1) is 10.2 Å². The summed E-state index contributed by atoms with van der Waals surface area (Å²) in [7, 11) is 0. The van der Waals surface area contributed by atoms with Gasteiger partial charge in [0.05, 0.1) is 6.54 Å². The van der Waals surface area contributed by atoms with Crippen LogP contribution < -0.4 is 5.32 Å². The Morgan fingerprint density at radius 1 is 1.38 bits per heavy atom. The van der Waals surface area contributed by atoms with Crippen LogP contribution in [0.1, 0.15) is 11.8 Å². The third-order valence-electron chi connectivity index (χ3n) is 2.55. The lowest BCUT2D eigenvalue weighted by molar-refractivity contribution is 0.298. The van der Waals surface area contributed by atoms with Gasteiger partial charge in [0.15, 0.2) is 0 Å². The number of rotatable bonds is 5. The monoisotopic (exact) mass is 242 g/mol. The van der Waals surface area contributed by atoms with E-state index >= 15 is 0 Å². The molecule has 1 aromatic rings. The van der Waals surface area contributed by atoms with Crippen LogP contribution >= 0.6 is 11.8 Å². The molecule has 1 aliphatic heterocycles. The maximum Gasteiger partial charge on any atom is 0.230 e. The van der Waals surface area contributed by atoms with Crippen molar-refractivity contribution in [3.63, 3.8) is 0 Å². The molecule has 6 heteroatoms. The van der Waals surface area contributed by atoms with E-state index in [0.717, 1.165) is 13.1 Å². The number of hydrogen-bond acceptors (Lipinski definition) is 6. The number of hydrogen-bond donors (Lipinski definition) is 1. The van der Waals surface area contributed by atoms with E-state index in [1.807, 2.05) is 18.7 Å². The molecule has 1 N–H and O–H groups in total. The Morgan fingerprint density at radius 3 is 2.88 bits per heavy atom. The molecule has 1 aromatic heterocycles. The number of thioether (sulfide) groups is 1. The molecule has 5 nitrogen and oxygen atoms in total. The molecule has 1 fully saturated rings. The second-order valence-electron chi connectivity index (χ2n) is 3.85. The maximum absolute atomic E-state index is 5.27. The lowest BCUT2D eigenvalue weighted by Gasteiger charge is -2.25. The Morgan fingerprint density at radius 2 is 2.19 bits per heavy atom. The molecular formula is C10H18N4OS. The van der Waals surface area contributed by atoms with Crippen molar-refractivity contribution in [2.24, 2.45) is 0 Å². The smallest absolute Gasteiger partial charge is 0.230 e. The first kappa shape index (κ1) is 11.9. The molecule has 2 rings (SSSR count). The van der Waals surface area contributed by atoms with Crippen molar-refractivity contribution >= 4 is 11.8 Å². The molecule has 0 bridgehead atoms. The van der Waals surface area contributed by atoms with Crippen molar-refractivity contribution in [3.8, 4) is 0 Å². The molecule has 0 aliphatic carbocycles. The molecule has 1 aliphatic rings. The average Bonchev–Trinajstić information content (AvgIpc) is 2.72. The summed E-state index contributed by atoms with van der Waals surface area (Å²) in [5.41, 5.74) is 0. The van der Waals surface area contributed by atoms with Crippen molar-refractivity contribution in [3.05, 3.63) is 11.8 Å². The summed E-state index contributed by atoms with van der Waals surface area (Å²) in [6.07, 6.45) is 0. The highest BCUT2D eigenvalue weighted by Crippen LogP contribution is 2.07. The predicted octanol–water partition coefficient (Wildman–Crippen LogP) is 0.516. The van der Waals surface area contributed by atoms with Crippen molar-refractivity contribution < 1.29 is 4.42 Å². The summed E-state index contributed by atoms with van der Waals surface area (Å²) in [6.45, 7) is 6.99. The van der Waals surface area contributed by atoms with Crippen LogP contribution in [0.3, 0.4) is 0 Å². The minimum atomic E-state index is 0.629. The van der Waals surface area contributed by atoms with Crippen LogP contribution in [-0.4, -0.2) is 52.8 Å². The molecule has 0 saturated carbocycles. The largest absolute Gasteiger partial charge is 0.424 e. The van der Waals surface area contributed by atoms with Gasteiger partial charge in [0, 0.05) is 44.6 Å². The third kappa shape index (κ3) is 3.77. The molecule has 16 heavy (non-hydrogen) atoms. The van der Waals surface area contributed by atoms with Crippen LogP contribution in [0.5, 0.6) is 0 Å². The Hall–Kier alpha value is -0.590. The standard InChI is InChI=1S/C10H18N4OS/c1-9-12-13-10(15-9)8-11-2-3-14-4-6-16-7-5-14/h11H,2-8H2,1H3. The molecule has 90 valence electrons. The number of aromatic nitrogens is 2. The fourth-order valence-corrected chi connectivity index (χ4v) is 2.64. The van der Waals surface area contributed by atoms with Crippen molar-refractivity contribution in [2.45, 2.75) is 13.5 Å². The minimum absolute atomic E-state index is 0.629. The van der Waals surface area contributed by atoms with E-state index in [1.54, 1.807) is 0 Å². The Labute approximate surface area is 100.0 Å². The van der Waals surface area contributed by atoms with Gasteiger partial charge in [-0.2, -0.15) is 11.8 Å². The van der Waals surface area contributed by atoms with Crippen LogP contribution in [-0.2, 0) is 6.54 Å². The second kappa shape index (κ2) is 6.22. The normalized spacial score (nSPS) is 17.8. The molecule has 0 amide bonds. The number of aryl methyl sites for hydroxylation is 1. The highest BCUT2D eigenvalue weighted by Gasteiger charge is 2.09. The fraction of sp³-hybridized carbons (Fsp3) is 0.800. The van der Waals surface area contributed by atoms with E-state index in [2.05, 4.69) is 20.4 Å². The van der Waals surface area contributed by atoms with Crippen LogP contribution in [0.15, 0.2) is 4.42 Å². The van der Waals surface area contributed by atoms with E-state index in [4.69, 9.17) is 4.42 Å². The highest BCUT2D eigenvalue weighted by molar-refractivity contribution is 7.99. The zero-order valence-electron chi connectivity index (χ0n) is 9.61. The Balaban J connectivity index is 1.57. The molecule has 0 atom stereocenters. The van der Waals surface area contributed by atoms with Crippen LogP contribution in [0.4, 0.5) is 0 Å². The van der Waals surface area contributed by atoms with E-state index in [1.165, 1.54) is 24.6 Å². The van der Waals surface area contributed by atoms with Crippen LogP contribution in [0, 0.1) is 6.92 Å². The molecule has 2 heterocycles. The van der Waals surface area contributed by atoms with Crippen LogP contribution in [0.2, 0.25) is 0 Å². The first-order valence-corrected chi connectivity index (χ1v) is 6.80. The maximum atomic E-state index is 5.27. The lowest BCUT2D eigenvalue weighted by Crippen LogP contribution is -2.37. The van der Waals surface area contributed by atoms with Crippen molar-refractivity contribution in [1.82, 2.24) is 20.4 Å². The van der Waals surface area contributed by atoms with Gasteiger partial charge < -0.3 is 14.6 Å². The van der Waals surface area contributed by atoms with E-state index in [-0.39, 0.29) is 0 Å². The topological polar surface area (TPSA) is 54.2 Å². The quantitative estimate of drug-likeness (QED) is 0.760. The summed E-state index contributed by atoms with van der Waals surface area (Å²) < 4.78 is 5.27. The van der Waals surface area contributed by atoms with E-state index in [0.29, 0.717) is 18.3 Å². The highest BCUT2D eigenvalue weighted by atomic mass is 32.2. The lowest BCUT2D eigenvalue weighted by atomic mass is 10.4. The molecule has 0 aromatic carbocycles. The van der Waals surface area contributed by atoms with Gasteiger partial charge in [-0.05, 0) is 0 Å². The van der Waals surface area contributed by atoms with Gasteiger partial charge in [0.2, 0.25) is 11.8 Å². The van der Waals surface area contributed by atoms with Gasteiger partial charge in [-0.3, -0.25) is 0 Å². The summed E-state index contributed by atoms with van der Waals surface area (Å²) in [4.78, 5) is 2.49. The third-order valence-corrected chi connectivity index (χ3v) is 3.50. The van der Waals surface area contributed by atoms with Gasteiger partial charge >= 0.3 is 0 Å². The summed E-state index contributed by atoms with van der Waals surface area (Å²) in [5.74, 6) is 3.84. The number of nitrogens with zero attached hydrogens (tertiary/aromatic N) is 3. The first-order chi connectivity index (χ1) is 7.84. The molecule has 0 radical (unpaired) electrons. The van der Waals surface area contributed by atoms with Gasteiger partial charge in [0.25, 0.3) is 0 Å². The van der Waals surface area contributed by atoms with Gasteiger partial charge in [-0.1, -0.05) is 0 Å². The van der Waals surface area contributed by atoms with Crippen molar-refractivity contribution in [2.75, 3.05) is 37.7 Å².